The number of piperidine rings is 1. The Kier molecular flexibility index (Phi) is 2.74. The van der Waals surface area contributed by atoms with Crippen LogP contribution in [0.3, 0.4) is 0 Å². The van der Waals surface area contributed by atoms with Crippen LogP contribution in [0.5, 0.6) is 5.75 Å². The Balaban J connectivity index is 1.48. The molecule has 0 radical (unpaired) electrons. The minimum absolute atomic E-state index is 0.0588. The van der Waals surface area contributed by atoms with Crippen molar-refractivity contribution in [2.24, 2.45) is 11.8 Å². The molecule has 138 valence electrons. The molecule has 4 bridgehead atoms. The average Bonchev–Trinajstić information content (AvgIpc) is 3.30. The SMILES string of the molecule is COc1ccc2c(c1)NC(=O)[C@@]21C[C@H]2[C@H]3CO[C@H]1C[C@H]3[C@@]1([C@@H](C)O)CN21. The maximum Gasteiger partial charge on any atom is 0.237 e. The monoisotopic (exact) mass is 356 g/mol. The smallest absolute Gasteiger partial charge is 0.237 e. The van der Waals surface area contributed by atoms with Gasteiger partial charge < -0.3 is 19.9 Å². The second kappa shape index (κ2) is 4.61. The third-order valence-electron chi connectivity index (χ3n) is 8.03. The molecular weight excluding hydrogens is 332 g/mol. The summed E-state index contributed by atoms with van der Waals surface area (Å²) in [4.78, 5) is 15.7. The lowest BCUT2D eigenvalue weighted by Crippen LogP contribution is -2.52. The summed E-state index contributed by atoms with van der Waals surface area (Å²) in [5.41, 5.74) is 1.21. The first-order chi connectivity index (χ1) is 12.5. The van der Waals surface area contributed by atoms with Gasteiger partial charge in [-0.2, -0.15) is 0 Å². The first kappa shape index (κ1) is 15.4. The molecule has 1 aromatic carbocycles. The van der Waals surface area contributed by atoms with E-state index in [0.29, 0.717) is 24.5 Å². The summed E-state index contributed by atoms with van der Waals surface area (Å²) < 4.78 is 11.6. The minimum Gasteiger partial charge on any atom is -0.497 e. The van der Waals surface area contributed by atoms with Crippen LogP contribution in [0, 0.1) is 11.8 Å². The van der Waals surface area contributed by atoms with Gasteiger partial charge in [0.15, 0.2) is 0 Å². The van der Waals surface area contributed by atoms with Crippen molar-refractivity contribution in [3.05, 3.63) is 23.8 Å². The summed E-state index contributed by atoms with van der Waals surface area (Å²) in [5.74, 6) is 1.65. The van der Waals surface area contributed by atoms with Gasteiger partial charge in [-0.1, -0.05) is 6.07 Å². The van der Waals surface area contributed by atoms with Crippen molar-refractivity contribution in [3.63, 3.8) is 0 Å². The number of methoxy groups -OCH3 is 1. The van der Waals surface area contributed by atoms with Gasteiger partial charge in [-0.25, -0.2) is 0 Å². The second-order valence-corrected chi connectivity index (χ2v) is 8.73. The molecule has 1 spiro atoms. The van der Waals surface area contributed by atoms with Crippen LogP contribution < -0.4 is 10.1 Å². The molecule has 1 unspecified atom stereocenters. The number of benzene rings is 1. The zero-order chi connectivity index (χ0) is 17.8. The number of hydrogen-bond donors (Lipinski definition) is 2. The Hall–Kier alpha value is -1.63. The number of hydrogen-bond acceptors (Lipinski definition) is 5. The number of fused-ring (bicyclic) bond motifs is 3. The number of nitrogens with one attached hydrogen (secondary N) is 1. The first-order valence-corrected chi connectivity index (χ1v) is 9.59. The molecule has 7 rings (SSSR count). The van der Waals surface area contributed by atoms with Crippen LogP contribution in [0.4, 0.5) is 5.69 Å². The number of rotatable bonds is 2. The van der Waals surface area contributed by atoms with Gasteiger partial charge in [0, 0.05) is 30.3 Å². The number of aliphatic hydroxyl groups is 1. The largest absolute Gasteiger partial charge is 0.497 e. The molecule has 5 fully saturated rings. The van der Waals surface area contributed by atoms with E-state index in [2.05, 4.69) is 10.2 Å². The van der Waals surface area contributed by atoms with E-state index in [1.165, 1.54) is 0 Å². The molecule has 1 aliphatic carbocycles. The fourth-order valence-corrected chi connectivity index (χ4v) is 6.77. The zero-order valence-corrected chi connectivity index (χ0v) is 15.1. The van der Waals surface area contributed by atoms with Gasteiger partial charge in [-0.3, -0.25) is 9.69 Å². The summed E-state index contributed by atoms with van der Waals surface area (Å²) in [7, 11) is 1.64. The lowest BCUT2D eigenvalue weighted by molar-refractivity contribution is -0.131. The molecule has 5 heterocycles. The molecule has 8 atom stereocenters. The highest BCUT2D eigenvalue weighted by atomic mass is 16.5. The van der Waals surface area contributed by atoms with Crippen molar-refractivity contribution in [3.8, 4) is 5.75 Å². The van der Waals surface area contributed by atoms with Crippen LogP contribution in [0.25, 0.3) is 0 Å². The number of ether oxygens (including phenoxy) is 2. The third-order valence-corrected chi connectivity index (χ3v) is 8.03. The summed E-state index contributed by atoms with van der Waals surface area (Å²) >= 11 is 0. The van der Waals surface area contributed by atoms with Gasteiger partial charge in [0.1, 0.15) is 11.2 Å². The summed E-state index contributed by atoms with van der Waals surface area (Å²) in [5, 5.41) is 13.6. The molecular formula is C20H24N2O4. The lowest BCUT2D eigenvalue weighted by atomic mass is 9.70. The predicted molar refractivity (Wildman–Crippen MR) is 94.2 cm³/mol. The van der Waals surface area contributed by atoms with Gasteiger partial charge in [0.05, 0.1) is 31.5 Å². The van der Waals surface area contributed by atoms with Gasteiger partial charge in [0.2, 0.25) is 5.91 Å². The predicted octanol–water partition coefficient (Wildman–Crippen LogP) is 1.13. The lowest BCUT2D eigenvalue weighted by Gasteiger charge is -2.41. The van der Waals surface area contributed by atoms with Crippen LogP contribution in [0.15, 0.2) is 18.2 Å². The van der Waals surface area contributed by atoms with E-state index < -0.39 is 5.41 Å². The number of nitrogens with zero attached hydrogens (tertiary/aromatic N) is 1. The fraction of sp³-hybridized carbons (Fsp3) is 0.650. The average molecular weight is 356 g/mol. The summed E-state index contributed by atoms with van der Waals surface area (Å²) in [6.45, 7) is 3.58. The van der Waals surface area contributed by atoms with E-state index >= 15 is 0 Å². The standard InChI is InChI=1S/C20H24N2O4/c1-10(23)20-9-22(20)16-7-19(17-6-14(20)12(16)8-26-17)13-4-3-11(25-2)5-15(13)21-18(19)24/h3-5,10,12,14,16-17,23H,6-9H2,1-2H3,(H,21,24)/t10-,12+,14-,16+,17+,19+,20+,22?/m1/s1. The van der Waals surface area contributed by atoms with E-state index in [4.69, 9.17) is 9.47 Å². The topological polar surface area (TPSA) is 70.8 Å². The van der Waals surface area contributed by atoms with Crippen molar-refractivity contribution in [1.29, 1.82) is 0 Å². The van der Waals surface area contributed by atoms with Crippen LogP contribution in [-0.4, -0.2) is 60.0 Å². The van der Waals surface area contributed by atoms with E-state index in [0.717, 1.165) is 36.4 Å². The molecule has 26 heavy (non-hydrogen) atoms. The number of aliphatic hydroxyl groups excluding tert-OH is 1. The molecule has 1 saturated carbocycles. The van der Waals surface area contributed by atoms with Crippen molar-refractivity contribution in [1.82, 2.24) is 4.90 Å². The van der Waals surface area contributed by atoms with Gasteiger partial charge >= 0.3 is 0 Å². The molecule has 4 saturated heterocycles. The molecule has 6 nitrogen and oxygen atoms in total. The molecule has 1 aromatic rings. The van der Waals surface area contributed by atoms with Gasteiger partial charge in [0.25, 0.3) is 0 Å². The van der Waals surface area contributed by atoms with E-state index in [1.54, 1.807) is 7.11 Å². The Morgan fingerprint density at radius 3 is 3.08 bits per heavy atom. The zero-order valence-electron chi connectivity index (χ0n) is 15.1. The number of amides is 1. The van der Waals surface area contributed by atoms with E-state index in [-0.39, 0.29) is 23.7 Å². The number of carbonyl (C=O) groups is 1. The Labute approximate surface area is 152 Å². The highest BCUT2D eigenvalue weighted by Crippen LogP contribution is 2.65. The number of anilines is 1. The maximum atomic E-state index is 13.3. The molecule has 2 N–H and O–H groups in total. The third kappa shape index (κ3) is 1.51. The molecule has 6 heteroatoms. The summed E-state index contributed by atoms with van der Waals surface area (Å²) in [6, 6.07) is 6.19. The van der Waals surface area contributed by atoms with Crippen LogP contribution in [0.2, 0.25) is 0 Å². The highest BCUT2D eigenvalue weighted by Gasteiger charge is 2.76. The molecule has 5 aliphatic heterocycles. The second-order valence-electron chi connectivity index (χ2n) is 8.73. The van der Waals surface area contributed by atoms with E-state index in [9.17, 15) is 9.90 Å². The van der Waals surface area contributed by atoms with Crippen molar-refractivity contribution < 1.29 is 19.4 Å². The Morgan fingerprint density at radius 2 is 2.31 bits per heavy atom. The Bertz CT molecular complexity index is 826. The van der Waals surface area contributed by atoms with Crippen molar-refractivity contribution in [2.45, 2.75) is 49.0 Å². The molecule has 0 aromatic heterocycles. The first-order valence-electron chi connectivity index (χ1n) is 9.59. The van der Waals surface area contributed by atoms with Crippen molar-refractivity contribution in [2.75, 3.05) is 25.6 Å². The van der Waals surface area contributed by atoms with Crippen LogP contribution in [-0.2, 0) is 14.9 Å². The quantitative estimate of drug-likeness (QED) is 0.778. The van der Waals surface area contributed by atoms with Crippen LogP contribution >= 0.6 is 0 Å². The van der Waals surface area contributed by atoms with Crippen LogP contribution in [0.1, 0.15) is 25.3 Å². The molecule has 6 aliphatic rings. The number of carbonyl (C=O) groups excluding carboxylic acids is 1. The molecule has 1 amide bonds. The van der Waals surface area contributed by atoms with E-state index in [1.807, 2.05) is 25.1 Å². The minimum atomic E-state index is -0.622. The maximum absolute atomic E-state index is 13.3. The fourth-order valence-electron chi connectivity index (χ4n) is 6.77. The Morgan fingerprint density at radius 1 is 1.46 bits per heavy atom. The van der Waals surface area contributed by atoms with Gasteiger partial charge in [-0.05, 0) is 37.3 Å². The summed E-state index contributed by atoms with van der Waals surface area (Å²) in [6.07, 6.45) is 1.17. The highest BCUT2D eigenvalue weighted by molar-refractivity contribution is 6.07. The normalized spacial score (nSPS) is 48.0. The van der Waals surface area contributed by atoms with Crippen molar-refractivity contribution >= 4 is 11.6 Å². The van der Waals surface area contributed by atoms with Gasteiger partial charge in [-0.15, -0.1) is 0 Å².